The first kappa shape index (κ1) is 20.7. The largest absolute Gasteiger partial charge is 1.00 e. The number of benzene rings is 3. The van der Waals surface area contributed by atoms with E-state index in [0.29, 0.717) is 6.61 Å². The maximum absolute atomic E-state index is 5.89. The third-order valence-corrected chi connectivity index (χ3v) is 4.72. The molecule has 0 fully saturated rings. The zero-order valence-electron chi connectivity index (χ0n) is 16.5. The van der Waals surface area contributed by atoms with Crippen molar-refractivity contribution in [2.45, 2.75) is 19.9 Å². The van der Waals surface area contributed by atoms with Crippen LogP contribution >= 0.6 is 0 Å². The molecule has 0 unspecified atom stereocenters. The SMILES string of the molecule is Cc1ccc(OCCCn2c(/C=C/c3ccccc3)nc3ccccc32)cc1.[Cl-]. The zero-order chi connectivity index (χ0) is 19.2. The van der Waals surface area contributed by atoms with E-state index in [1.54, 1.807) is 0 Å². The molecule has 29 heavy (non-hydrogen) atoms. The molecule has 0 amide bonds. The van der Waals surface area contributed by atoms with Crippen LogP contribution in [-0.2, 0) is 6.54 Å². The minimum absolute atomic E-state index is 0. The van der Waals surface area contributed by atoms with Crippen LogP contribution in [-0.4, -0.2) is 16.2 Å². The first-order valence-electron chi connectivity index (χ1n) is 9.67. The van der Waals surface area contributed by atoms with Crippen LogP contribution in [0.25, 0.3) is 23.2 Å². The van der Waals surface area contributed by atoms with Gasteiger partial charge < -0.3 is 21.7 Å². The van der Waals surface area contributed by atoms with Crippen LogP contribution in [0.3, 0.4) is 0 Å². The number of imidazole rings is 1. The number of aryl methyl sites for hydroxylation is 2. The molecule has 0 spiro atoms. The highest BCUT2D eigenvalue weighted by Crippen LogP contribution is 2.19. The average molecular weight is 404 g/mol. The van der Waals surface area contributed by atoms with Crippen molar-refractivity contribution in [2.75, 3.05) is 6.61 Å². The van der Waals surface area contributed by atoms with E-state index in [1.165, 1.54) is 11.1 Å². The van der Waals surface area contributed by atoms with Gasteiger partial charge in [0.1, 0.15) is 11.6 Å². The molecule has 4 rings (SSSR count). The molecule has 0 saturated carbocycles. The Morgan fingerprint density at radius 1 is 0.862 bits per heavy atom. The molecule has 0 radical (unpaired) electrons. The summed E-state index contributed by atoms with van der Waals surface area (Å²) in [7, 11) is 0. The van der Waals surface area contributed by atoms with Gasteiger partial charge in [0, 0.05) is 6.54 Å². The highest BCUT2D eigenvalue weighted by atomic mass is 35.5. The third kappa shape index (κ3) is 5.27. The fraction of sp³-hybridized carbons (Fsp3) is 0.160. The lowest BCUT2D eigenvalue weighted by atomic mass is 10.2. The molecule has 0 saturated heterocycles. The van der Waals surface area contributed by atoms with Crippen molar-refractivity contribution in [3.8, 4) is 5.75 Å². The average Bonchev–Trinajstić information content (AvgIpc) is 3.09. The zero-order valence-corrected chi connectivity index (χ0v) is 17.2. The van der Waals surface area contributed by atoms with Gasteiger partial charge >= 0.3 is 0 Å². The Kier molecular flexibility index (Phi) is 7.09. The summed E-state index contributed by atoms with van der Waals surface area (Å²) in [5.41, 5.74) is 4.59. The van der Waals surface area contributed by atoms with Gasteiger partial charge in [0.2, 0.25) is 0 Å². The number of halogens is 1. The summed E-state index contributed by atoms with van der Waals surface area (Å²) in [6, 6.07) is 26.8. The molecule has 0 atom stereocenters. The Morgan fingerprint density at radius 2 is 1.59 bits per heavy atom. The number of ether oxygens (including phenoxy) is 1. The van der Waals surface area contributed by atoms with Crippen molar-refractivity contribution in [1.82, 2.24) is 9.55 Å². The topological polar surface area (TPSA) is 27.1 Å². The van der Waals surface area contributed by atoms with Gasteiger partial charge in [0.05, 0.1) is 17.6 Å². The Morgan fingerprint density at radius 3 is 2.38 bits per heavy atom. The fourth-order valence-corrected chi connectivity index (χ4v) is 3.24. The van der Waals surface area contributed by atoms with E-state index in [2.05, 4.69) is 66.1 Å². The summed E-state index contributed by atoms with van der Waals surface area (Å²) in [5.74, 6) is 1.89. The molecule has 4 aromatic rings. The molecule has 4 heteroatoms. The molecule has 0 N–H and O–H groups in total. The standard InChI is InChI=1S/C25H24N2O.ClH/c1-20-12-15-22(16-13-20)28-19-7-18-27-24-11-6-5-10-23(24)26-25(27)17-14-21-8-3-2-4-9-21;/h2-6,8-17H,7,18-19H2,1H3;1H/p-1/b17-14+;. The maximum Gasteiger partial charge on any atom is 0.133 e. The van der Waals surface area contributed by atoms with Crippen LogP contribution in [0.5, 0.6) is 5.75 Å². The van der Waals surface area contributed by atoms with Crippen LogP contribution < -0.4 is 17.1 Å². The van der Waals surface area contributed by atoms with E-state index in [-0.39, 0.29) is 12.4 Å². The van der Waals surface area contributed by atoms with Crippen LogP contribution in [0, 0.1) is 6.92 Å². The molecule has 0 aliphatic rings. The summed E-state index contributed by atoms with van der Waals surface area (Å²) >= 11 is 0. The Balaban J connectivity index is 0.00000240. The van der Waals surface area contributed by atoms with Crippen molar-refractivity contribution >= 4 is 23.2 Å². The number of rotatable bonds is 7. The van der Waals surface area contributed by atoms with Gasteiger partial charge in [0.25, 0.3) is 0 Å². The lowest BCUT2D eigenvalue weighted by Crippen LogP contribution is -3.00. The monoisotopic (exact) mass is 403 g/mol. The van der Waals surface area contributed by atoms with E-state index < -0.39 is 0 Å². The predicted molar refractivity (Wildman–Crippen MR) is 116 cm³/mol. The highest BCUT2D eigenvalue weighted by Gasteiger charge is 2.08. The van der Waals surface area contributed by atoms with Crippen LogP contribution in [0.1, 0.15) is 23.4 Å². The van der Waals surface area contributed by atoms with Gasteiger partial charge in [0.15, 0.2) is 0 Å². The van der Waals surface area contributed by atoms with Gasteiger partial charge in [-0.1, -0.05) is 66.2 Å². The maximum atomic E-state index is 5.89. The number of para-hydroxylation sites is 2. The summed E-state index contributed by atoms with van der Waals surface area (Å²) in [6.07, 6.45) is 5.12. The van der Waals surface area contributed by atoms with Crippen molar-refractivity contribution in [1.29, 1.82) is 0 Å². The second kappa shape index (κ2) is 9.94. The molecule has 1 aromatic heterocycles. The van der Waals surface area contributed by atoms with Crippen LogP contribution in [0.2, 0.25) is 0 Å². The van der Waals surface area contributed by atoms with E-state index in [0.717, 1.165) is 35.6 Å². The van der Waals surface area contributed by atoms with Crippen molar-refractivity contribution in [3.63, 3.8) is 0 Å². The van der Waals surface area contributed by atoms with E-state index >= 15 is 0 Å². The van der Waals surface area contributed by atoms with Gasteiger partial charge in [-0.05, 0) is 49.2 Å². The van der Waals surface area contributed by atoms with Crippen molar-refractivity contribution < 1.29 is 17.1 Å². The molecule has 3 aromatic carbocycles. The summed E-state index contributed by atoms with van der Waals surface area (Å²) in [4.78, 5) is 4.81. The second-order valence-electron chi connectivity index (χ2n) is 6.87. The molecule has 3 nitrogen and oxygen atoms in total. The summed E-state index contributed by atoms with van der Waals surface area (Å²) in [6.45, 7) is 3.62. The van der Waals surface area contributed by atoms with Crippen LogP contribution in [0.15, 0.2) is 78.9 Å². The molecular weight excluding hydrogens is 380 g/mol. The Bertz CT molecular complexity index is 1070. The molecule has 0 aliphatic heterocycles. The van der Waals surface area contributed by atoms with Crippen molar-refractivity contribution in [3.05, 3.63) is 95.8 Å². The van der Waals surface area contributed by atoms with Gasteiger partial charge in [-0.15, -0.1) is 0 Å². The molecule has 0 aliphatic carbocycles. The molecule has 1 heterocycles. The van der Waals surface area contributed by atoms with Gasteiger partial charge in [-0.3, -0.25) is 0 Å². The lowest BCUT2D eigenvalue weighted by Gasteiger charge is -2.09. The Hall–Kier alpha value is -3.04. The molecular formula is C25H24ClN2O-. The smallest absolute Gasteiger partial charge is 0.133 e. The summed E-state index contributed by atoms with van der Waals surface area (Å²) < 4.78 is 8.16. The predicted octanol–water partition coefficient (Wildman–Crippen LogP) is 2.99. The van der Waals surface area contributed by atoms with E-state index in [4.69, 9.17) is 9.72 Å². The van der Waals surface area contributed by atoms with E-state index in [1.807, 2.05) is 36.4 Å². The number of aromatic nitrogens is 2. The number of hydrogen-bond acceptors (Lipinski definition) is 2. The van der Waals surface area contributed by atoms with Gasteiger partial charge in [-0.2, -0.15) is 0 Å². The van der Waals surface area contributed by atoms with Gasteiger partial charge in [-0.25, -0.2) is 4.98 Å². The Labute approximate surface area is 178 Å². The second-order valence-corrected chi connectivity index (χ2v) is 6.87. The quantitative estimate of drug-likeness (QED) is 0.443. The molecule has 0 bridgehead atoms. The lowest BCUT2D eigenvalue weighted by molar-refractivity contribution is -0.00000612. The highest BCUT2D eigenvalue weighted by molar-refractivity contribution is 5.79. The third-order valence-electron chi connectivity index (χ3n) is 4.72. The van der Waals surface area contributed by atoms with Crippen LogP contribution in [0.4, 0.5) is 0 Å². The molecule has 148 valence electrons. The van der Waals surface area contributed by atoms with Crippen molar-refractivity contribution in [2.24, 2.45) is 0 Å². The minimum atomic E-state index is 0. The number of nitrogens with zero attached hydrogens (tertiary/aromatic N) is 2. The minimum Gasteiger partial charge on any atom is -1.00 e. The first-order valence-corrected chi connectivity index (χ1v) is 9.67. The summed E-state index contributed by atoms with van der Waals surface area (Å²) in [5, 5.41) is 0. The number of fused-ring (bicyclic) bond motifs is 1. The number of hydrogen-bond donors (Lipinski definition) is 0. The first-order chi connectivity index (χ1) is 13.8. The fourth-order valence-electron chi connectivity index (χ4n) is 3.24. The van der Waals surface area contributed by atoms with E-state index in [9.17, 15) is 0 Å². The normalized spacial score (nSPS) is 10.9.